The van der Waals surface area contributed by atoms with Gasteiger partial charge in [0, 0.05) is 29.6 Å². The van der Waals surface area contributed by atoms with Crippen molar-refractivity contribution in [3.8, 4) is 0 Å². The van der Waals surface area contributed by atoms with E-state index in [0.29, 0.717) is 17.1 Å². The van der Waals surface area contributed by atoms with Gasteiger partial charge in [0.1, 0.15) is 0 Å². The van der Waals surface area contributed by atoms with Crippen molar-refractivity contribution in [3.63, 3.8) is 0 Å². The number of hydrogen-bond acceptors (Lipinski definition) is 5. The first-order valence-corrected chi connectivity index (χ1v) is 9.65. The molecule has 0 spiro atoms. The molecule has 0 atom stereocenters. The Kier molecular flexibility index (Phi) is 5.98. The highest BCUT2D eigenvalue weighted by Crippen LogP contribution is 2.22. The molecule has 9 heteroatoms. The van der Waals surface area contributed by atoms with Gasteiger partial charge >= 0.3 is 6.03 Å². The van der Waals surface area contributed by atoms with Crippen LogP contribution in [-0.2, 0) is 0 Å². The Morgan fingerprint density at radius 1 is 0.969 bits per heavy atom. The number of nitrogens with one attached hydrogen (secondary N) is 2. The first-order chi connectivity index (χ1) is 15.6. The quantitative estimate of drug-likeness (QED) is 0.268. The summed E-state index contributed by atoms with van der Waals surface area (Å²) in [5.41, 5.74) is 2.55. The predicted octanol–water partition coefficient (Wildman–Crippen LogP) is 4.62. The molecule has 0 aliphatic carbocycles. The normalized spacial score (nSPS) is 13.8. The van der Waals surface area contributed by atoms with E-state index in [2.05, 4.69) is 20.6 Å². The molecule has 0 aromatic heterocycles. The van der Waals surface area contributed by atoms with Crippen LogP contribution in [0.3, 0.4) is 0 Å². The van der Waals surface area contributed by atoms with Gasteiger partial charge in [0.15, 0.2) is 0 Å². The van der Waals surface area contributed by atoms with E-state index in [1.54, 1.807) is 30.5 Å². The summed E-state index contributed by atoms with van der Waals surface area (Å²) in [5.74, 6) is 0.149. The standard InChI is InChI=1S/C23H18N6O3/c30-23-24-15-21(17-7-3-1-4-8-17)27-22(28(23)19-9-5-2-6-10-19)26-16-25-18-11-13-20(14-12-18)29(31)32/h1-16H,(H,24,30)(H,25,26,27). The van der Waals surface area contributed by atoms with Crippen molar-refractivity contribution in [1.29, 1.82) is 0 Å². The zero-order chi connectivity index (χ0) is 22.3. The Hall–Kier alpha value is -4.79. The van der Waals surface area contributed by atoms with Crippen LogP contribution < -0.4 is 15.5 Å². The lowest BCUT2D eigenvalue weighted by Crippen LogP contribution is -2.40. The topological polar surface area (TPSA) is 112 Å². The van der Waals surface area contributed by atoms with Gasteiger partial charge in [-0.1, -0.05) is 48.5 Å². The van der Waals surface area contributed by atoms with Crippen molar-refractivity contribution >= 4 is 41.1 Å². The Morgan fingerprint density at radius 2 is 1.62 bits per heavy atom. The molecular formula is C23H18N6O3. The Morgan fingerprint density at radius 3 is 2.28 bits per heavy atom. The Labute approximate surface area is 183 Å². The minimum absolute atomic E-state index is 0.00908. The zero-order valence-electron chi connectivity index (χ0n) is 16.8. The van der Waals surface area contributed by atoms with Crippen molar-refractivity contribution in [2.24, 2.45) is 9.98 Å². The molecule has 2 amide bonds. The summed E-state index contributed by atoms with van der Waals surface area (Å²) in [6.07, 6.45) is 2.93. The second kappa shape index (κ2) is 9.35. The van der Waals surface area contributed by atoms with E-state index in [1.807, 2.05) is 48.5 Å². The van der Waals surface area contributed by atoms with Gasteiger partial charge in [-0.2, -0.15) is 0 Å². The number of carbonyl (C=O) groups excluding carboxylic acids is 1. The molecular weight excluding hydrogens is 408 g/mol. The van der Waals surface area contributed by atoms with Gasteiger partial charge < -0.3 is 10.6 Å². The SMILES string of the molecule is O=C1NC=C(c2ccccc2)N=C(N=CNc2ccc([N+](=O)[O-])cc2)N1c1ccccc1. The fourth-order valence-corrected chi connectivity index (χ4v) is 2.97. The van der Waals surface area contributed by atoms with Gasteiger partial charge in [-0.15, -0.1) is 0 Å². The predicted molar refractivity (Wildman–Crippen MR) is 125 cm³/mol. The van der Waals surface area contributed by atoms with E-state index in [4.69, 9.17) is 0 Å². The van der Waals surface area contributed by atoms with Crippen LogP contribution in [0.4, 0.5) is 21.9 Å². The van der Waals surface area contributed by atoms with E-state index in [1.165, 1.54) is 23.4 Å². The van der Waals surface area contributed by atoms with Crippen LogP contribution in [0.25, 0.3) is 5.70 Å². The van der Waals surface area contributed by atoms with Crippen molar-refractivity contribution in [2.45, 2.75) is 0 Å². The van der Waals surface area contributed by atoms with Crippen LogP contribution in [0.2, 0.25) is 0 Å². The number of carbonyl (C=O) groups is 1. The van der Waals surface area contributed by atoms with Crippen molar-refractivity contribution in [1.82, 2.24) is 5.32 Å². The van der Waals surface area contributed by atoms with Crippen LogP contribution in [0.5, 0.6) is 0 Å². The molecule has 0 saturated heterocycles. The molecule has 1 aliphatic rings. The molecule has 0 unspecified atom stereocenters. The average molecular weight is 426 g/mol. The molecule has 0 radical (unpaired) electrons. The lowest BCUT2D eigenvalue weighted by molar-refractivity contribution is -0.384. The number of nitro benzene ring substituents is 1. The average Bonchev–Trinajstić information content (AvgIpc) is 2.99. The summed E-state index contributed by atoms with van der Waals surface area (Å²) in [7, 11) is 0. The maximum atomic E-state index is 12.9. The highest BCUT2D eigenvalue weighted by Gasteiger charge is 2.24. The summed E-state index contributed by atoms with van der Waals surface area (Å²) >= 11 is 0. The summed E-state index contributed by atoms with van der Waals surface area (Å²) < 4.78 is 0. The second-order valence-corrected chi connectivity index (χ2v) is 6.63. The third-order valence-corrected chi connectivity index (χ3v) is 4.53. The molecule has 2 N–H and O–H groups in total. The molecule has 1 aliphatic heterocycles. The first kappa shape index (κ1) is 20.5. The number of non-ortho nitro benzene ring substituents is 1. The molecule has 4 rings (SSSR count). The van der Waals surface area contributed by atoms with Gasteiger partial charge in [-0.3, -0.25) is 10.1 Å². The van der Waals surface area contributed by atoms with E-state index in [0.717, 1.165) is 5.56 Å². The number of hydrogen-bond donors (Lipinski definition) is 2. The van der Waals surface area contributed by atoms with Gasteiger partial charge in [-0.25, -0.2) is 19.7 Å². The first-order valence-electron chi connectivity index (χ1n) is 9.65. The van der Waals surface area contributed by atoms with Gasteiger partial charge in [0.25, 0.3) is 5.69 Å². The number of para-hydroxylation sites is 1. The van der Waals surface area contributed by atoms with Gasteiger partial charge in [0.05, 0.1) is 22.6 Å². The van der Waals surface area contributed by atoms with Crippen LogP contribution >= 0.6 is 0 Å². The van der Waals surface area contributed by atoms with Gasteiger partial charge in [-0.05, 0) is 24.3 Å². The molecule has 1 heterocycles. The fraction of sp³-hybridized carbons (Fsp3) is 0. The summed E-state index contributed by atoms with van der Waals surface area (Å²) in [4.78, 5) is 33.6. The smallest absolute Gasteiger partial charge is 0.332 e. The minimum atomic E-state index is -0.466. The Balaban J connectivity index is 1.66. The van der Waals surface area contributed by atoms with E-state index in [-0.39, 0.29) is 11.6 Å². The number of anilines is 2. The number of rotatable bonds is 5. The summed E-state index contributed by atoms with van der Waals surface area (Å²) in [6.45, 7) is 0. The van der Waals surface area contributed by atoms with E-state index in [9.17, 15) is 14.9 Å². The third kappa shape index (κ3) is 4.68. The number of amides is 2. The zero-order valence-corrected chi connectivity index (χ0v) is 16.8. The highest BCUT2D eigenvalue weighted by molar-refractivity contribution is 6.19. The largest absolute Gasteiger partial charge is 0.346 e. The summed E-state index contributed by atoms with van der Waals surface area (Å²) in [6, 6.07) is 24.0. The molecule has 9 nitrogen and oxygen atoms in total. The second-order valence-electron chi connectivity index (χ2n) is 6.63. The monoisotopic (exact) mass is 426 g/mol. The Bertz CT molecular complexity index is 1210. The molecule has 3 aromatic carbocycles. The lowest BCUT2D eigenvalue weighted by atomic mass is 10.2. The van der Waals surface area contributed by atoms with Crippen LogP contribution in [0.15, 0.2) is 101 Å². The van der Waals surface area contributed by atoms with Crippen LogP contribution in [0, 0.1) is 10.1 Å². The fourth-order valence-electron chi connectivity index (χ4n) is 2.97. The van der Waals surface area contributed by atoms with Crippen LogP contribution in [0.1, 0.15) is 5.56 Å². The number of aliphatic imine (C=N–C) groups is 2. The summed E-state index contributed by atoms with van der Waals surface area (Å²) in [5, 5.41) is 16.5. The lowest BCUT2D eigenvalue weighted by Gasteiger charge is -2.19. The van der Waals surface area contributed by atoms with Crippen molar-refractivity contribution < 1.29 is 9.72 Å². The number of nitro groups is 1. The van der Waals surface area contributed by atoms with E-state index < -0.39 is 11.0 Å². The molecule has 158 valence electrons. The molecule has 32 heavy (non-hydrogen) atoms. The highest BCUT2D eigenvalue weighted by atomic mass is 16.6. The number of guanidine groups is 1. The van der Waals surface area contributed by atoms with E-state index >= 15 is 0 Å². The maximum Gasteiger partial charge on any atom is 0.332 e. The number of urea groups is 1. The van der Waals surface area contributed by atoms with Crippen molar-refractivity contribution in [2.75, 3.05) is 10.2 Å². The molecule has 0 bridgehead atoms. The van der Waals surface area contributed by atoms with Gasteiger partial charge in [0.2, 0.25) is 5.96 Å². The minimum Gasteiger partial charge on any atom is -0.346 e. The maximum absolute atomic E-state index is 12.9. The molecule has 0 saturated carbocycles. The van der Waals surface area contributed by atoms with Crippen LogP contribution in [-0.4, -0.2) is 23.3 Å². The molecule has 0 fully saturated rings. The van der Waals surface area contributed by atoms with Crippen molar-refractivity contribution in [3.05, 3.63) is 107 Å². The third-order valence-electron chi connectivity index (χ3n) is 4.53. The number of benzene rings is 3. The molecule has 3 aromatic rings. The number of nitrogens with zero attached hydrogens (tertiary/aromatic N) is 4.